The van der Waals surface area contributed by atoms with Crippen molar-refractivity contribution < 1.29 is 17.3 Å². The van der Waals surface area contributed by atoms with E-state index in [9.17, 15) is 8.42 Å². The van der Waals surface area contributed by atoms with Gasteiger partial charge in [-0.05, 0) is 25.7 Å². The van der Waals surface area contributed by atoms with Crippen LogP contribution in [0.4, 0.5) is 0 Å². The summed E-state index contributed by atoms with van der Waals surface area (Å²) in [5.74, 6) is 1.30. The van der Waals surface area contributed by atoms with Gasteiger partial charge in [0.15, 0.2) is 0 Å². The fraction of sp³-hybridized carbons (Fsp3) is 0.538. The zero-order valence-corrected chi connectivity index (χ0v) is 12.2. The Morgan fingerprint density at radius 1 is 1.19 bits per heavy atom. The summed E-state index contributed by atoms with van der Waals surface area (Å²) < 4.78 is 37.0. The van der Waals surface area contributed by atoms with E-state index in [2.05, 4.69) is 10.2 Å². The van der Waals surface area contributed by atoms with Crippen molar-refractivity contribution >= 4 is 10.0 Å². The fourth-order valence-corrected chi connectivity index (χ4v) is 3.91. The first-order valence-electron chi connectivity index (χ1n) is 7.07. The van der Waals surface area contributed by atoms with Gasteiger partial charge in [-0.15, -0.1) is 10.2 Å². The largest absolute Gasteiger partial charge is 0.451 e. The van der Waals surface area contributed by atoms with Crippen molar-refractivity contribution in [3.63, 3.8) is 0 Å². The summed E-state index contributed by atoms with van der Waals surface area (Å²) in [4.78, 5) is 0. The van der Waals surface area contributed by atoms with Crippen molar-refractivity contribution in [1.82, 2.24) is 14.5 Å². The summed E-state index contributed by atoms with van der Waals surface area (Å²) in [6.07, 6.45) is 5.28. The molecule has 4 rings (SSSR count). The van der Waals surface area contributed by atoms with E-state index in [1.165, 1.54) is 16.6 Å². The number of rotatable bonds is 4. The highest BCUT2D eigenvalue weighted by Gasteiger charge is 2.32. The number of nitrogens with zero attached hydrogens (tertiary/aromatic N) is 3. The van der Waals surface area contributed by atoms with Crippen LogP contribution in [0.3, 0.4) is 0 Å². The van der Waals surface area contributed by atoms with E-state index in [4.69, 9.17) is 8.83 Å². The molecule has 7 nitrogen and oxygen atoms in total. The lowest BCUT2D eigenvalue weighted by molar-refractivity contribution is 0.411. The van der Waals surface area contributed by atoms with E-state index in [1.807, 2.05) is 0 Å². The Morgan fingerprint density at radius 2 is 1.95 bits per heavy atom. The van der Waals surface area contributed by atoms with Crippen LogP contribution in [-0.4, -0.2) is 36.0 Å². The minimum absolute atomic E-state index is 0.0643. The molecule has 8 heteroatoms. The molecule has 0 amide bonds. The van der Waals surface area contributed by atoms with Crippen molar-refractivity contribution in [1.29, 1.82) is 0 Å². The third-order valence-electron chi connectivity index (χ3n) is 3.85. The molecule has 1 saturated heterocycles. The predicted molar refractivity (Wildman–Crippen MR) is 72.0 cm³/mol. The molecule has 1 saturated carbocycles. The molecule has 0 N–H and O–H groups in total. The second kappa shape index (κ2) is 4.67. The summed E-state index contributed by atoms with van der Waals surface area (Å²) in [5.41, 5.74) is 0.507. The van der Waals surface area contributed by atoms with Gasteiger partial charge in [-0.1, -0.05) is 0 Å². The van der Waals surface area contributed by atoms with Gasteiger partial charge in [0.1, 0.15) is 6.26 Å². The highest BCUT2D eigenvalue weighted by atomic mass is 32.2. The van der Waals surface area contributed by atoms with Gasteiger partial charge < -0.3 is 8.83 Å². The number of sulfonamides is 1. The molecule has 112 valence electrons. The van der Waals surface area contributed by atoms with Crippen LogP contribution in [0, 0.1) is 0 Å². The van der Waals surface area contributed by atoms with Crippen LogP contribution < -0.4 is 0 Å². The molecule has 0 bridgehead atoms. The topological polar surface area (TPSA) is 89.4 Å². The Morgan fingerprint density at radius 3 is 2.67 bits per heavy atom. The fourth-order valence-electron chi connectivity index (χ4n) is 2.47. The van der Waals surface area contributed by atoms with E-state index in [-0.39, 0.29) is 5.09 Å². The Balaban J connectivity index is 1.62. The molecule has 2 aromatic rings. The van der Waals surface area contributed by atoms with Crippen molar-refractivity contribution in [2.24, 2.45) is 0 Å². The van der Waals surface area contributed by atoms with Crippen LogP contribution >= 0.6 is 0 Å². The molecule has 2 fully saturated rings. The maximum absolute atomic E-state index is 12.4. The molecule has 1 aliphatic carbocycles. The van der Waals surface area contributed by atoms with Crippen molar-refractivity contribution in [3.8, 4) is 11.5 Å². The first-order valence-corrected chi connectivity index (χ1v) is 8.51. The lowest BCUT2D eigenvalue weighted by Crippen LogP contribution is -2.27. The normalized spacial score (nSPS) is 20.2. The van der Waals surface area contributed by atoms with Crippen molar-refractivity contribution in [3.05, 3.63) is 18.2 Å². The zero-order chi connectivity index (χ0) is 14.4. The molecule has 0 radical (unpaired) electrons. The van der Waals surface area contributed by atoms with E-state index in [0.29, 0.717) is 36.4 Å². The summed E-state index contributed by atoms with van der Waals surface area (Å²) in [6, 6.07) is 1.46. The van der Waals surface area contributed by atoms with Crippen LogP contribution in [0.2, 0.25) is 0 Å². The minimum atomic E-state index is -3.55. The van der Waals surface area contributed by atoms with Crippen LogP contribution in [0.5, 0.6) is 0 Å². The molecule has 2 aliphatic rings. The molecule has 1 aliphatic heterocycles. The van der Waals surface area contributed by atoms with Gasteiger partial charge in [0.25, 0.3) is 15.9 Å². The van der Waals surface area contributed by atoms with E-state index < -0.39 is 10.0 Å². The second-order valence-corrected chi connectivity index (χ2v) is 7.35. The molecule has 0 atom stereocenters. The minimum Gasteiger partial charge on any atom is -0.451 e. The number of furan rings is 1. The van der Waals surface area contributed by atoms with Gasteiger partial charge in [-0.2, -0.15) is 4.31 Å². The Kier molecular flexibility index (Phi) is 2.90. The van der Waals surface area contributed by atoms with Crippen LogP contribution in [0.15, 0.2) is 26.3 Å². The second-order valence-electron chi connectivity index (χ2n) is 5.49. The van der Waals surface area contributed by atoms with Crippen LogP contribution in [0.25, 0.3) is 11.5 Å². The molecule has 0 spiro atoms. The van der Waals surface area contributed by atoms with Gasteiger partial charge in [-0.25, -0.2) is 8.42 Å². The Hall–Kier alpha value is -1.67. The molecule has 2 aromatic heterocycles. The maximum atomic E-state index is 12.4. The third-order valence-corrected chi connectivity index (χ3v) is 5.62. The van der Waals surface area contributed by atoms with E-state index >= 15 is 0 Å². The average molecular weight is 309 g/mol. The van der Waals surface area contributed by atoms with Crippen molar-refractivity contribution in [2.75, 3.05) is 13.1 Å². The average Bonchev–Trinajstić information content (AvgIpc) is 2.99. The van der Waals surface area contributed by atoms with Gasteiger partial charge >= 0.3 is 0 Å². The number of hydrogen-bond acceptors (Lipinski definition) is 6. The summed E-state index contributed by atoms with van der Waals surface area (Å²) in [7, 11) is -3.55. The van der Waals surface area contributed by atoms with Gasteiger partial charge in [0.05, 0.1) is 5.56 Å². The monoisotopic (exact) mass is 309 g/mol. The number of hydrogen-bond donors (Lipinski definition) is 0. The Bertz CT molecular complexity index is 754. The molecular formula is C13H15N3O4S. The molecule has 0 unspecified atom stereocenters. The number of aromatic nitrogens is 2. The van der Waals surface area contributed by atoms with Crippen LogP contribution in [-0.2, 0) is 10.0 Å². The van der Waals surface area contributed by atoms with Crippen LogP contribution in [0.1, 0.15) is 37.5 Å². The van der Waals surface area contributed by atoms with E-state index in [1.54, 1.807) is 0 Å². The van der Waals surface area contributed by atoms with Gasteiger partial charge in [0, 0.05) is 25.1 Å². The smallest absolute Gasteiger partial charge is 0.276 e. The highest BCUT2D eigenvalue weighted by molar-refractivity contribution is 7.89. The lowest BCUT2D eigenvalue weighted by atomic mass is 10.3. The standard InChI is InChI=1S/C13H15N3O4S/c17-21(18,16-5-1-2-6-16)11-7-10(8-19-11)13-15-14-12(20-13)9-3-4-9/h7-9H,1-6H2. The summed E-state index contributed by atoms with van der Waals surface area (Å²) in [5, 5.41) is 7.88. The molecule has 0 aromatic carbocycles. The van der Waals surface area contributed by atoms with E-state index in [0.717, 1.165) is 25.7 Å². The first-order chi connectivity index (χ1) is 10.1. The third kappa shape index (κ3) is 2.28. The lowest BCUT2D eigenvalue weighted by Gasteiger charge is -2.12. The highest BCUT2D eigenvalue weighted by Crippen LogP contribution is 2.40. The van der Waals surface area contributed by atoms with Crippen molar-refractivity contribution in [2.45, 2.75) is 36.7 Å². The zero-order valence-electron chi connectivity index (χ0n) is 11.4. The molecule has 21 heavy (non-hydrogen) atoms. The Labute approximate surface area is 122 Å². The first kappa shape index (κ1) is 13.0. The summed E-state index contributed by atoms with van der Waals surface area (Å²) >= 11 is 0. The van der Waals surface area contributed by atoms with Gasteiger partial charge in [0.2, 0.25) is 11.0 Å². The molecular weight excluding hydrogens is 294 g/mol. The molecule has 3 heterocycles. The predicted octanol–water partition coefficient (Wildman–Crippen LogP) is 1.99. The maximum Gasteiger partial charge on any atom is 0.276 e. The van der Waals surface area contributed by atoms with Gasteiger partial charge in [-0.3, -0.25) is 0 Å². The quantitative estimate of drug-likeness (QED) is 0.858. The SMILES string of the molecule is O=S(=O)(c1cc(-c2nnc(C3CC3)o2)co1)N1CCCC1. The summed E-state index contributed by atoms with van der Waals surface area (Å²) in [6.45, 7) is 1.09.